The number of rotatable bonds is 4. The highest BCUT2D eigenvalue weighted by atomic mass is 32.1. The number of aryl methyl sites for hydroxylation is 1. The summed E-state index contributed by atoms with van der Waals surface area (Å²) in [6.07, 6.45) is 4.57. The Hall–Kier alpha value is -2.28. The van der Waals surface area contributed by atoms with E-state index < -0.39 is 0 Å². The average molecular weight is 341 g/mol. The van der Waals surface area contributed by atoms with Crippen LogP contribution >= 0.6 is 11.3 Å². The lowest BCUT2D eigenvalue weighted by molar-refractivity contribution is -0.132. The number of aromatic amines is 1. The number of hydrogen-bond donors (Lipinski definition) is 1. The molecule has 1 aliphatic heterocycles. The van der Waals surface area contributed by atoms with Crippen LogP contribution in [0.4, 0.5) is 0 Å². The normalized spacial score (nSPS) is 15.9. The van der Waals surface area contributed by atoms with E-state index >= 15 is 0 Å². The summed E-state index contributed by atoms with van der Waals surface area (Å²) in [6, 6.07) is 8.28. The van der Waals surface area contributed by atoms with E-state index in [0.29, 0.717) is 18.8 Å². The number of nitrogens with zero attached hydrogens (tertiary/aromatic N) is 4. The Kier molecular flexibility index (Phi) is 4.25. The average Bonchev–Trinajstić information content (AvgIpc) is 3.29. The Morgan fingerprint density at radius 1 is 1.29 bits per heavy atom. The van der Waals surface area contributed by atoms with Crippen molar-refractivity contribution in [3.05, 3.63) is 41.4 Å². The minimum absolute atomic E-state index is 0.203. The molecular formula is C17H19N5OS. The van der Waals surface area contributed by atoms with Gasteiger partial charge in [0.15, 0.2) is 0 Å². The number of fused-ring (bicyclic) bond motifs is 1. The molecule has 24 heavy (non-hydrogen) atoms. The Balaban J connectivity index is 1.33. The molecule has 0 atom stereocenters. The highest BCUT2D eigenvalue weighted by Crippen LogP contribution is 2.33. The Morgan fingerprint density at radius 2 is 2.12 bits per heavy atom. The maximum atomic E-state index is 12.3. The molecule has 0 aliphatic carbocycles. The molecule has 3 heterocycles. The molecule has 4 rings (SSSR count). The molecule has 1 N–H and O–H groups in total. The molecule has 0 radical (unpaired) electrons. The topological polar surface area (TPSA) is 74.8 Å². The first kappa shape index (κ1) is 15.3. The van der Waals surface area contributed by atoms with Crippen LogP contribution in [0.15, 0.2) is 30.6 Å². The fourth-order valence-electron chi connectivity index (χ4n) is 3.18. The molecule has 1 amide bonds. The molecule has 0 spiro atoms. The van der Waals surface area contributed by atoms with Gasteiger partial charge in [-0.05, 0) is 25.0 Å². The highest BCUT2D eigenvalue weighted by Gasteiger charge is 2.25. The fourth-order valence-corrected chi connectivity index (χ4v) is 4.31. The second kappa shape index (κ2) is 6.68. The standard InChI is InChI=1S/C17H19N5OS/c23-16(6-5-15-18-11-19-21-15)22-9-7-12(8-10-22)17-20-13-3-1-2-4-14(13)24-17/h1-4,11-12H,5-10H2,(H,18,19,21). The molecule has 1 fully saturated rings. The van der Waals surface area contributed by atoms with Gasteiger partial charge in [0.25, 0.3) is 0 Å². The molecule has 0 saturated carbocycles. The summed E-state index contributed by atoms with van der Waals surface area (Å²) in [5.74, 6) is 1.45. The number of thiazole rings is 1. The van der Waals surface area contributed by atoms with E-state index in [0.717, 1.165) is 37.3 Å². The van der Waals surface area contributed by atoms with E-state index in [-0.39, 0.29) is 5.91 Å². The van der Waals surface area contributed by atoms with Gasteiger partial charge in [0.05, 0.1) is 15.2 Å². The van der Waals surface area contributed by atoms with Crippen LogP contribution in [0.2, 0.25) is 0 Å². The number of benzene rings is 1. The Labute approximate surface area is 143 Å². The van der Waals surface area contributed by atoms with Crippen LogP contribution < -0.4 is 0 Å². The van der Waals surface area contributed by atoms with Gasteiger partial charge in [-0.1, -0.05) is 12.1 Å². The number of likely N-dealkylation sites (tertiary alicyclic amines) is 1. The quantitative estimate of drug-likeness (QED) is 0.792. The molecule has 3 aromatic rings. The maximum absolute atomic E-state index is 12.3. The third-order valence-electron chi connectivity index (χ3n) is 4.55. The largest absolute Gasteiger partial charge is 0.343 e. The fraction of sp³-hybridized carbons (Fsp3) is 0.412. The second-order valence-corrected chi connectivity index (χ2v) is 7.17. The summed E-state index contributed by atoms with van der Waals surface area (Å²) < 4.78 is 1.25. The summed E-state index contributed by atoms with van der Waals surface area (Å²) in [4.78, 5) is 23.1. The molecule has 124 valence electrons. The number of H-pyrrole nitrogens is 1. The van der Waals surface area contributed by atoms with Crippen molar-refractivity contribution in [2.24, 2.45) is 0 Å². The molecule has 0 bridgehead atoms. The van der Waals surface area contributed by atoms with Crippen molar-refractivity contribution in [2.75, 3.05) is 13.1 Å². The van der Waals surface area contributed by atoms with Crippen molar-refractivity contribution in [1.29, 1.82) is 0 Å². The summed E-state index contributed by atoms with van der Waals surface area (Å²) in [7, 11) is 0. The van der Waals surface area contributed by atoms with Crippen molar-refractivity contribution >= 4 is 27.5 Å². The van der Waals surface area contributed by atoms with Gasteiger partial charge in [0.2, 0.25) is 5.91 Å². The first-order valence-corrected chi connectivity index (χ1v) is 9.09. The molecule has 6 nitrogen and oxygen atoms in total. The van der Waals surface area contributed by atoms with Gasteiger partial charge < -0.3 is 4.90 Å². The van der Waals surface area contributed by atoms with Gasteiger partial charge in [-0.3, -0.25) is 9.89 Å². The van der Waals surface area contributed by atoms with Crippen LogP contribution in [0.5, 0.6) is 0 Å². The maximum Gasteiger partial charge on any atom is 0.223 e. The Bertz CT molecular complexity index is 788. The third-order valence-corrected chi connectivity index (χ3v) is 5.75. The van der Waals surface area contributed by atoms with Gasteiger partial charge in [-0.25, -0.2) is 9.97 Å². The van der Waals surface area contributed by atoms with Crippen LogP contribution in [0.25, 0.3) is 10.2 Å². The number of amides is 1. The minimum atomic E-state index is 0.203. The monoisotopic (exact) mass is 341 g/mol. The van der Waals surface area contributed by atoms with E-state index in [1.807, 2.05) is 11.0 Å². The SMILES string of the molecule is O=C(CCc1ncn[nH]1)N1CCC(c2nc3ccccc3s2)CC1. The van der Waals surface area contributed by atoms with Crippen LogP contribution in [0.1, 0.15) is 36.0 Å². The first-order chi connectivity index (χ1) is 11.8. The summed E-state index contributed by atoms with van der Waals surface area (Å²) in [5.41, 5.74) is 1.09. The Morgan fingerprint density at radius 3 is 2.88 bits per heavy atom. The van der Waals surface area contributed by atoms with Crippen molar-refractivity contribution in [3.8, 4) is 0 Å². The lowest BCUT2D eigenvalue weighted by Crippen LogP contribution is -2.38. The van der Waals surface area contributed by atoms with Crippen molar-refractivity contribution in [1.82, 2.24) is 25.1 Å². The zero-order valence-corrected chi connectivity index (χ0v) is 14.1. The lowest BCUT2D eigenvalue weighted by Gasteiger charge is -2.31. The van der Waals surface area contributed by atoms with E-state index in [1.54, 1.807) is 11.3 Å². The minimum Gasteiger partial charge on any atom is -0.343 e. The predicted molar refractivity (Wildman–Crippen MR) is 92.9 cm³/mol. The number of nitrogens with one attached hydrogen (secondary N) is 1. The molecule has 1 aromatic carbocycles. The van der Waals surface area contributed by atoms with E-state index in [2.05, 4.69) is 33.4 Å². The summed E-state index contributed by atoms with van der Waals surface area (Å²) in [5, 5.41) is 7.82. The first-order valence-electron chi connectivity index (χ1n) is 8.27. The zero-order valence-electron chi connectivity index (χ0n) is 13.3. The van der Waals surface area contributed by atoms with Gasteiger partial charge in [0.1, 0.15) is 12.2 Å². The number of aromatic nitrogens is 4. The molecule has 7 heteroatoms. The number of carbonyl (C=O) groups excluding carboxylic acids is 1. The second-order valence-electron chi connectivity index (χ2n) is 6.11. The van der Waals surface area contributed by atoms with E-state index in [9.17, 15) is 4.79 Å². The number of piperidine rings is 1. The molecule has 2 aromatic heterocycles. The number of hydrogen-bond acceptors (Lipinski definition) is 5. The third kappa shape index (κ3) is 3.17. The molecule has 1 saturated heterocycles. The van der Waals surface area contributed by atoms with Crippen LogP contribution in [0.3, 0.4) is 0 Å². The highest BCUT2D eigenvalue weighted by molar-refractivity contribution is 7.18. The molecule has 1 aliphatic rings. The van der Waals surface area contributed by atoms with Gasteiger partial charge in [-0.15, -0.1) is 11.3 Å². The lowest BCUT2D eigenvalue weighted by atomic mass is 9.97. The van der Waals surface area contributed by atoms with E-state index in [1.165, 1.54) is 16.0 Å². The van der Waals surface area contributed by atoms with E-state index in [4.69, 9.17) is 4.98 Å². The predicted octanol–water partition coefficient (Wildman–Crippen LogP) is 2.75. The molecular weight excluding hydrogens is 322 g/mol. The van der Waals surface area contributed by atoms with Gasteiger partial charge in [0, 0.05) is 31.8 Å². The zero-order chi connectivity index (χ0) is 16.4. The van der Waals surface area contributed by atoms with Gasteiger partial charge in [-0.2, -0.15) is 5.10 Å². The van der Waals surface area contributed by atoms with Crippen molar-refractivity contribution in [3.63, 3.8) is 0 Å². The van der Waals surface area contributed by atoms with Crippen molar-refractivity contribution in [2.45, 2.75) is 31.6 Å². The van der Waals surface area contributed by atoms with Crippen LogP contribution in [0, 0.1) is 0 Å². The van der Waals surface area contributed by atoms with Crippen molar-refractivity contribution < 1.29 is 4.79 Å². The molecule has 0 unspecified atom stereocenters. The number of para-hydroxylation sites is 1. The van der Waals surface area contributed by atoms with Crippen LogP contribution in [-0.4, -0.2) is 44.1 Å². The van der Waals surface area contributed by atoms with Crippen LogP contribution in [-0.2, 0) is 11.2 Å². The summed E-state index contributed by atoms with van der Waals surface area (Å²) >= 11 is 1.79. The smallest absolute Gasteiger partial charge is 0.223 e. The van der Waals surface area contributed by atoms with Gasteiger partial charge >= 0.3 is 0 Å². The summed E-state index contributed by atoms with van der Waals surface area (Å²) in [6.45, 7) is 1.63. The number of carbonyl (C=O) groups is 1.